The van der Waals surface area contributed by atoms with Crippen molar-refractivity contribution in [2.45, 2.75) is 65.1 Å². The normalized spacial score (nSPS) is 13.8. The molecule has 0 atom stereocenters. The van der Waals surface area contributed by atoms with Crippen molar-refractivity contribution in [1.82, 2.24) is 20.0 Å². The van der Waals surface area contributed by atoms with E-state index in [1.807, 2.05) is 0 Å². The lowest BCUT2D eigenvalue weighted by Gasteiger charge is -2.26. The molecule has 5 nitrogen and oxygen atoms in total. The molecule has 1 amide bonds. The number of nitrogens with zero attached hydrogens (tertiary/aromatic N) is 3. The molecule has 0 aliphatic heterocycles. The number of hydrogen-bond donors (Lipinski definition) is 1. The van der Waals surface area contributed by atoms with Gasteiger partial charge in [0.2, 0.25) is 5.91 Å². The van der Waals surface area contributed by atoms with Crippen LogP contribution in [0.2, 0.25) is 0 Å². The fourth-order valence-corrected chi connectivity index (χ4v) is 3.66. The molecule has 27 heavy (non-hydrogen) atoms. The Balaban J connectivity index is 1.39. The summed E-state index contributed by atoms with van der Waals surface area (Å²) in [5.41, 5.74) is 3.84. The van der Waals surface area contributed by atoms with Gasteiger partial charge in [-0.1, -0.05) is 30.3 Å². The van der Waals surface area contributed by atoms with Crippen LogP contribution in [0.15, 0.2) is 36.5 Å². The molecule has 1 heterocycles. The molecule has 0 unspecified atom stereocenters. The van der Waals surface area contributed by atoms with Gasteiger partial charge in [0.15, 0.2) is 0 Å². The maximum absolute atomic E-state index is 12.2. The summed E-state index contributed by atoms with van der Waals surface area (Å²) in [6.07, 6.45) is 7.60. The van der Waals surface area contributed by atoms with Crippen molar-refractivity contribution in [2.75, 3.05) is 13.1 Å². The molecule has 0 spiro atoms. The fraction of sp³-hybridized carbons (Fsp3) is 0.545. The molecule has 0 fully saturated rings. The lowest BCUT2D eigenvalue weighted by molar-refractivity contribution is -0.121. The van der Waals surface area contributed by atoms with Gasteiger partial charge < -0.3 is 5.32 Å². The number of benzene rings is 1. The van der Waals surface area contributed by atoms with E-state index in [0.717, 1.165) is 32.4 Å². The molecular formula is C22H32N4O. The predicted octanol–water partition coefficient (Wildman–Crippen LogP) is 3.18. The van der Waals surface area contributed by atoms with E-state index in [1.165, 1.54) is 29.7 Å². The number of aromatic nitrogens is 2. The number of aryl methyl sites for hydroxylation is 2. The lowest BCUT2D eigenvalue weighted by atomic mass is 9.99. The quantitative estimate of drug-likeness (QED) is 0.692. The number of nitrogens with one attached hydrogen (secondary N) is 1. The Morgan fingerprint density at radius 3 is 2.74 bits per heavy atom. The molecule has 5 heteroatoms. The molecule has 1 aliphatic carbocycles. The highest BCUT2D eigenvalue weighted by atomic mass is 16.2. The smallest absolute Gasteiger partial charge is 0.241 e. The topological polar surface area (TPSA) is 50.2 Å². The van der Waals surface area contributed by atoms with Crippen LogP contribution in [0.3, 0.4) is 0 Å². The average molecular weight is 369 g/mol. The van der Waals surface area contributed by atoms with Gasteiger partial charge in [0.05, 0.1) is 5.69 Å². The second-order valence-electron chi connectivity index (χ2n) is 7.76. The Bertz CT molecular complexity index is 700. The maximum atomic E-state index is 12.2. The third-order valence-electron chi connectivity index (χ3n) is 5.24. The van der Waals surface area contributed by atoms with E-state index in [0.29, 0.717) is 19.1 Å². The van der Waals surface area contributed by atoms with Crippen LogP contribution in [0.5, 0.6) is 0 Å². The van der Waals surface area contributed by atoms with Crippen LogP contribution >= 0.6 is 0 Å². The van der Waals surface area contributed by atoms with Gasteiger partial charge in [0.25, 0.3) is 0 Å². The van der Waals surface area contributed by atoms with E-state index in [4.69, 9.17) is 0 Å². The SMILES string of the molecule is CC(C)N(CCCNC(=O)Cn1cc2c(n1)CCCC2)Cc1ccccc1. The summed E-state index contributed by atoms with van der Waals surface area (Å²) in [7, 11) is 0. The summed E-state index contributed by atoms with van der Waals surface area (Å²) in [4.78, 5) is 14.7. The first-order chi connectivity index (χ1) is 13.1. The van der Waals surface area contributed by atoms with Gasteiger partial charge in [-0.2, -0.15) is 5.10 Å². The van der Waals surface area contributed by atoms with Crippen LogP contribution < -0.4 is 5.32 Å². The number of carbonyl (C=O) groups is 1. The Morgan fingerprint density at radius 1 is 1.22 bits per heavy atom. The van der Waals surface area contributed by atoms with Crippen molar-refractivity contribution in [3.8, 4) is 0 Å². The first-order valence-corrected chi connectivity index (χ1v) is 10.2. The minimum Gasteiger partial charge on any atom is -0.354 e. The van der Waals surface area contributed by atoms with Crippen molar-refractivity contribution < 1.29 is 4.79 Å². The average Bonchev–Trinajstić information content (AvgIpc) is 3.07. The van der Waals surface area contributed by atoms with Gasteiger partial charge in [-0.05, 0) is 57.1 Å². The number of fused-ring (bicyclic) bond motifs is 1. The second-order valence-corrected chi connectivity index (χ2v) is 7.76. The van der Waals surface area contributed by atoms with Gasteiger partial charge >= 0.3 is 0 Å². The minimum absolute atomic E-state index is 0.0500. The van der Waals surface area contributed by atoms with E-state index in [-0.39, 0.29) is 5.91 Å². The largest absolute Gasteiger partial charge is 0.354 e. The summed E-state index contributed by atoms with van der Waals surface area (Å²) in [5.74, 6) is 0.0500. The molecule has 3 rings (SSSR count). The zero-order valence-corrected chi connectivity index (χ0v) is 16.7. The molecule has 1 N–H and O–H groups in total. The zero-order valence-electron chi connectivity index (χ0n) is 16.7. The van der Waals surface area contributed by atoms with E-state index < -0.39 is 0 Å². The Labute approximate surface area is 162 Å². The van der Waals surface area contributed by atoms with Crippen molar-refractivity contribution in [1.29, 1.82) is 0 Å². The van der Waals surface area contributed by atoms with Gasteiger partial charge in [0, 0.05) is 31.9 Å². The first kappa shape index (κ1) is 19.6. The fourth-order valence-electron chi connectivity index (χ4n) is 3.66. The third-order valence-corrected chi connectivity index (χ3v) is 5.24. The molecule has 1 aliphatic rings. The van der Waals surface area contributed by atoms with Crippen LogP contribution in [-0.2, 0) is 30.7 Å². The molecule has 1 aromatic heterocycles. The monoisotopic (exact) mass is 368 g/mol. The molecule has 0 saturated heterocycles. The van der Waals surface area contributed by atoms with E-state index in [9.17, 15) is 4.79 Å². The van der Waals surface area contributed by atoms with Crippen molar-refractivity contribution in [3.05, 3.63) is 53.3 Å². The van der Waals surface area contributed by atoms with Crippen molar-refractivity contribution >= 4 is 5.91 Å². The van der Waals surface area contributed by atoms with E-state index in [1.54, 1.807) is 4.68 Å². The van der Waals surface area contributed by atoms with E-state index in [2.05, 4.69) is 65.7 Å². The Kier molecular flexibility index (Phi) is 7.04. The molecule has 2 aromatic rings. The van der Waals surface area contributed by atoms with Crippen LogP contribution in [0.25, 0.3) is 0 Å². The van der Waals surface area contributed by atoms with Crippen LogP contribution in [-0.4, -0.2) is 39.7 Å². The molecule has 1 aromatic carbocycles. The van der Waals surface area contributed by atoms with E-state index >= 15 is 0 Å². The first-order valence-electron chi connectivity index (χ1n) is 10.2. The molecule has 0 radical (unpaired) electrons. The number of hydrogen-bond acceptors (Lipinski definition) is 3. The number of amides is 1. The summed E-state index contributed by atoms with van der Waals surface area (Å²) < 4.78 is 1.81. The number of rotatable bonds is 9. The predicted molar refractivity (Wildman–Crippen MR) is 108 cm³/mol. The van der Waals surface area contributed by atoms with Crippen molar-refractivity contribution in [2.24, 2.45) is 0 Å². The van der Waals surface area contributed by atoms with Crippen LogP contribution in [0.4, 0.5) is 0 Å². The highest BCUT2D eigenvalue weighted by Gasteiger charge is 2.15. The number of carbonyl (C=O) groups excluding carboxylic acids is 1. The summed E-state index contributed by atoms with van der Waals surface area (Å²) >= 11 is 0. The van der Waals surface area contributed by atoms with Crippen LogP contribution in [0.1, 0.15) is 49.9 Å². The van der Waals surface area contributed by atoms with Gasteiger partial charge in [-0.25, -0.2) is 0 Å². The molecule has 0 bridgehead atoms. The van der Waals surface area contributed by atoms with Crippen molar-refractivity contribution in [3.63, 3.8) is 0 Å². The third kappa shape index (κ3) is 5.93. The molecule has 146 valence electrons. The van der Waals surface area contributed by atoms with Gasteiger partial charge in [-0.15, -0.1) is 0 Å². The Morgan fingerprint density at radius 2 is 2.00 bits per heavy atom. The summed E-state index contributed by atoms with van der Waals surface area (Å²) in [6, 6.07) is 11.0. The summed E-state index contributed by atoms with van der Waals surface area (Å²) in [5, 5.41) is 7.61. The Hall–Kier alpha value is -2.14. The summed E-state index contributed by atoms with van der Waals surface area (Å²) in [6.45, 7) is 7.40. The second kappa shape index (κ2) is 9.70. The standard InChI is InChI=1S/C22H32N4O/c1-18(2)25(15-19-9-4-3-5-10-19)14-8-13-23-22(27)17-26-16-20-11-6-7-12-21(20)24-26/h3-5,9-10,16,18H,6-8,11-15,17H2,1-2H3,(H,23,27). The zero-order chi connectivity index (χ0) is 19.1. The molecular weight excluding hydrogens is 336 g/mol. The lowest BCUT2D eigenvalue weighted by Crippen LogP contribution is -2.34. The minimum atomic E-state index is 0.0500. The van der Waals surface area contributed by atoms with Crippen LogP contribution in [0, 0.1) is 0 Å². The highest BCUT2D eigenvalue weighted by Crippen LogP contribution is 2.19. The van der Waals surface area contributed by atoms with Gasteiger partial charge in [-0.3, -0.25) is 14.4 Å². The maximum Gasteiger partial charge on any atom is 0.241 e. The molecule has 0 saturated carbocycles. The highest BCUT2D eigenvalue weighted by molar-refractivity contribution is 5.75. The van der Waals surface area contributed by atoms with Gasteiger partial charge in [0.1, 0.15) is 6.54 Å².